The molecule has 1 saturated heterocycles. The fourth-order valence-corrected chi connectivity index (χ4v) is 5.34. The molecule has 162 valence electrons. The van der Waals surface area contributed by atoms with Crippen molar-refractivity contribution >= 4 is 21.7 Å². The number of urea groups is 1. The van der Waals surface area contributed by atoms with Crippen molar-refractivity contribution in [2.75, 3.05) is 31.5 Å². The first-order valence-corrected chi connectivity index (χ1v) is 12.1. The van der Waals surface area contributed by atoms with Crippen LogP contribution in [0.15, 0.2) is 59.5 Å². The number of carbonyl (C=O) groups excluding carboxylic acids is 1. The van der Waals surface area contributed by atoms with Crippen LogP contribution in [0.1, 0.15) is 32.3 Å². The normalized spacial score (nSPS) is 15.7. The molecular formula is C23H31N3O3S. The van der Waals surface area contributed by atoms with Crippen LogP contribution in [0.2, 0.25) is 0 Å². The first-order valence-electron chi connectivity index (χ1n) is 10.6. The fourth-order valence-electron chi connectivity index (χ4n) is 3.87. The van der Waals surface area contributed by atoms with E-state index in [0.717, 1.165) is 19.3 Å². The molecule has 3 rings (SSSR count). The second kappa shape index (κ2) is 10.1. The Morgan fingerprint density at radius 1 is 1.00 bits per heavy atom. The molecule has 0 saturated carbocycles. The highest BCUT2D eigenvalue weighted by Crippen LogP contribution is 2.26. The van der Waals surface area contributed by atoms with Gasteiger partial charge in [0.15, 0.2) is 0 Å². The molecule has 0 aromatic heterocycles. The summed E-state index contributed by atoms with van der Waals surface area (Å²) in [6.07, 6.45) is 2.73. The van der Waals surface area contributed by atoms with Gasteiger partial charge < -0.3 is 10.2 Å². The summed E-state index contributed by atoms with van der Waals surface area (Å²) in [5, 5.41) is 2.81. The fraction of sp³-hybridized carbons (Fsp3) is 0.435. The monoisotopic (exact) mass is 429 g/mol. The Morgan fingerprint density at radius 2 is 1.60 bits per heavy atom. The van der Waals surface area contributed by atoms with Crippen LogP contribution >= 0.6 is 0 Å². The van der Waals surface area contributed by atoms with Gasteiger partial charge in [0, 0.05) is 31.9 Å². The predicted octanol–water partition coefficient (Wildman–Crippen LogP) is 4.20. The second-order valence-electron chi connectivity index (χ2n) is 7.66. The third-order valence-electron chi connectivity index (χ3n) is 5.73. The van der Waals surface area contributed by atoms with E-state index in [0.29, 0.717) is 37.8 Å². The minimum absolute atomic E-state index is 0.184. The lowest BCUT2D eigenvalue weighted by Crippen LogP contribution is -2.38. The van der Waals surface area contributed by atoms with Crippen LogP contribution in [0.3, 0.4) is 0 Å². The minimum atomic E-state index is -3.52. The lowest BCUT2D eigenvalue weighted by atomic mass is 9.91. The van der Waals surface area contributed by atoms with E-state index in [9.17, 15) is 13.2 Å². The molecule has 0 radical (unpaired) electrons. The van der Waals surface area contributed by atoms with Gasteiger partial charge in [-0.1, -0.05) is 30.3 Å². The quantitative estimate of drug-likeness (QED) is 0.717. The molecule has 30 heavy (non-hydrogen) atoms. The zero-order valence-corrected chi connectivity index (χ0v) is 18.6. The van der Waals surface area contributed by atoms with Crippen molar-refractivity contribution in [2.24, 2.45) is 5.92 Å². The van der Waals surface area contributed by atoms with E-state index in [1.165, 1.54) is 5.56 Å². The highest BCUT2D eigenvalue weighted by atomic mass is 32.2. The smallest absolute Gasteiger partial charge is 0.321 e. The van der Waals surface area contributed by atoms with Crippen LogP contribution in [0.5, 0.6) is 0 Å². The third-order valence-corrected chi connectivity index (χ3v) is 7.65. The summed E-state index contributed by atoms with van der Waals surface area (Å²) in [7, 11) is -3.52. The number of rotatable bonds is 7. The van der Waals surface area contributed by atoms with Crippen molar-refractivity contribution in [3.63, 3.8) is 0 Å². The maximum Gasteiger partial charge on any atom is 0.321 e. The van der Waals surface area contributed by atoms with Crippen LogP contribution < -0.4 is 5.32 Å². The number of nitrogens with one attached hydrogen (secondary N) is 1. The number of anilines is 1. The van der Waals surface area contributed by atoms with Gasteiger partial charge in [-0.25, -0.2) is 13.2 Å². The summed E-state index contributed by atoms with van der Waals surface area (Å²) in [5.41, 5.74) is 1.90. The predicted molar refractivity (Wildman–Crippen MR) is 120 cm³/mol. The Morgan fingerprint density at radius 3 is 2.17 bits per heavy atom. The summed E-state index contributed by atoms with van der Waals surface area (Å²) in [5.74, 6) is 0.511. The summed E-state index contributed by atoms with van der Waals surface area (Å²) in [6, 6.07) is 16.6. The molecule has 6 nitrogen and oxygen atoms in total. The van der Waals surface area contributed by atoms with Gasteiger partial charge in [-0.3, -0.25) is 0 Å². The van der Waals surface area contributed by atoms with Crippen molar-refractivity contribution in [3.8, 4) is 0 Å². The van der Waals surface area contributed by atoms with E-state index in [1.54, 1.807) is 33.5 Å². The highest BCUT2D eigenvalue weighted by Gasteiger charge is 2.29. The first-order chi connectivity index (χ1) is 14.4. The molecule has 2 amide bonds. The van der Waals surface area contributed by atoms with E-state index in [2.05, 4.69) is 17.4 Å². The van der Waals surface area contributed by atoms with Crippen molar-refractivity contribution in [1.82, 2.24) is 9.21 Å². The first kappa shape index (κ1) is 22.3. The standard InChI is InChI=1S/C23H31N3O3S/c1-3-25(4-2)23(27)24-21-10-12-22(13-11-21)30(28,29)26-16-14-20(15-17-26)18-19-8-6-5-7-9-19/h5-13,20H,3-4,14-18H2,1-2H3,(H,24,27). The Bertz CT molecular complexity index is 918. The van der Waals surface area contributed by atoms with Crippen LogP contribution in [0, 0.1) is 5.92 Å². The Balaban J connectivity index is 1.58. The maximum absolute atomic E-state index is 13.0. The van der Waals surface area contributed by atoms with Crippen LogP contribution in [0.25, 0.3) is 0 Å². The molecule has 1 heterocycles. The number of sulfonamides is 1. The van der Waals surface area contributed by atoms with Gasteiger partial charge in [-0.15, -0.1) is 0 Å². The highest BCUT2D eigenvalue weighted by molar-refractivity contribution is 7.89. The van der Waals surface area contributed by atoms with Crippen LogP contribution in [0.4, 0.5) is 10.5 Å². The van der Waals surface area contributed by atoms with Gasteiger partial charge in [0.05, 0.1) is 4.90 Å². The second-order valence-corrected chi connectivity index (χ2v) is 9.60. The molecule has 7 heteroatoms. The number of nitrogens with zero attached hydrogens (tertiary/aromatic N) is 2. The third kappa shape index (κ3) is 5.40. The largest absolute Gasteiger partial charge is 0.325 e. The lowest BCUT2D eigenvalue weighted by Gasteiger charge is -2.31. The molecule has 0 spiro atoms. The summed E-state index contributed by atoms with van der Waals surface area (Å²) < 4.78 is 27.6. The topological polar surface area (TPSA) is 69.7 Å². The zero-order chi connectivity index (χ0) is 21.6. The molecule has 0 unspecified atom stereocenters. The number of benzene rings is 2. The molecule has 2 aromatic rings. The van der Waals surface area contributed by atoms with Gasteiger partial charge >= 0.3 is 6.03 Å². The van der Waals surface area contributed by atoms with E-state index >= 15 is 0 Å². The van der Waals surface area contributed by atoms with E-state index in [-0.39, 0.29) is 10.9 Å². The number of amides is 2. The Labute approximate surface area is 179 Å². The van der Waals surface area contributed by atoms with Crippen molar-refractivity contribution < 1.29 is 13.2 Å². The Kier molecular flexibility index (Phi) is 7.50. The number of hydrogen-bond acceptors (Lipinski definition) is 3. The van der Waals surface area contributed by atoms with Gasteiger partial charge in [-0.2, -0.15) is 4.31 Å². The van der Waals surface area contributed by atoms with Crippen molar-refractivity contribution in [1.29, 1.82) is 0 Å². The van der Waals surface area contributed by atoms with Crippen LogP contribution in [-0.2, 0) is 16.4 Å². The molecule has 1 fully saturated rings. The van der Waals surface area contributed by atoms with Crippen molar-refractivity contribution in [3.05, 3.63) is 60.2 Å². The van der Waals surface area contributed by atoms with Gasteiger partial charge in [0.25, 0.3) is 0 Å². The van der Waals surface area contributed by atoms with E-state index in [1.807, 2.05) is 32.0 Å². The van der Waals surface area contributed by atoms with Crippen molar-refractivity contribution in [2.45, 2.75) is 38.0 Å². The van der Waals surface area contributed by atoms with Gasteiger partial charge in [0.2, 0.25) is 10.0 Å². The van der Waals surface area contributed by atoms with E-state index in [4.69, 9.17) is 0 Å². The Hall–Kier alpha value is -2.38. The molecule has 2 aromatic carbocycles. The van der Waals surface area contributed by atoms with Crippen LogP contribution in [-0.4, -0.2) is 49.8 Å². The molecule has 1 aliphatic heterocycles. The number of piperidine rings is 1. The summed E-state index contributed by atoms with van der Waals surface area (Å²) in [4.78, 5) is 14.1. The van der Waals surface area contributed by atoms with Gasteiger partial charge in [-0.05, 0) is 68.9 Å². The van der Waals surface area contributed by atoms with E-state index < -0.39 is 10.0 Å². The number of hydrogen-bond donors (Lipinski definition) is 1. The average Bonchev–Trinajstić information content (AvgIpc) is 2.76. The molecule has 0 atom stereocenters. The van der Waals surface area contributed by atoms with Gasteiger partial charge in [0.1, 0.15) is 0 Å². The summed E-state index contributed by atoms with van der Waals surface area (Å²) >= 11 is 0. The molecule has 1 aliphatic rings. The molecule has 0 aliphatic carbocycles. The molecule has 0 bridgehead atoms. The summed E-state index contributed by atoms with van der Waals surface area (Å²) in [6.45, 7) is 6.16. The average molecular weight is 430 g/mol. The molecular weight excluding hydrogens is 398 g/mol. The maximum atomic E-state index is 13.0. The lowest BCUT2D eigenvalue weighted by molar-refractivity contribution is 0.217. The zero-order valence-electron chi connectivity index (χ0n) is 17.8. The SMILES string of the molecule is CCN(CC)C(=O)Nc1ccc(S(=O)(=O)N2CCC(Cc3ccccc3)CC2)cc1. The molecule has 1 N–H and O–H groups in total. The minimum Gasteiger partial charge on any atom is -0.325 e. The number of carbonyl (C=O) groups is 1.